The minimum Gasteiger partial charge on any atom is -0.332 e. The average Bonchev–Trinajstić information content (AvgIpc) is 3.07. The van der Waals surface area contributed by atoms with Gasteiger partial charge in [-0.25, -0.2) is 4.99 Å². The first-order valence-corrected chi connectivity index (χ1v) is 9.09. The first kappa shape index (κ1) is 15.8. The van der Waals surface area contributed by atoms with Gasteiger partial charge in [0.25, 0.3) is 0 Å². The van der Waals surface area contributed by atoms with Gasteiger partial charge in [-0.1, -0.05) is 41.9 Å². The molecule has 0 unspecified atom stereocenters. The van der Waals surface area contributed by atoms with E-state index in [2.05, 4.69) is 22.6 Å². The van der Waals surface area contributed by atoms with Crippen LogP contribution >= 0.6 is 47.8 Å². The number of nitrogens with zero attached hydrogens (tertiary/aromatic N) is 1. The maximum atomic E-state index is 8.22. The van der Waals surface area contributed by atoms with E-state index < -0.39 is 0 Å². The molecule has 7 heteroatoms. The van der Waals surface area contributed by atoms with Crippen molar-refractivity contribution in [2.24, 2.45) is 4.99 Å². The molecule has 0 saturated heterocycles. The van der Waals surface area contributed by atoms with Crippen molar-refractivity contribution in [2.45, 2.75) is 5.03 Å². The maximum absolute atomic E-state index is 8.22. The summed E-state index contributed by atoms with van der Waals surface area (Å²) in [5, 5.41) is 9.58. The molecule has 0 bridgehead atoms. The molecule has 0 amide bonds. The molecule has 3 aromatic rings. The third-order valence-electron chi connectivity index (χ3n) is 3.78. The Bertz CT molecular complexity index is 1060. The summed E-state index contributed by atoms with van der Waals surface area (Å²) in [6, 6.07) is 13.5. The Morgan fingerprint density at radius 1 is 1.12 bits per heavy atom. The second-order valence-corrected chi connectivity index (χ2v) is 7.81. The molecule has 118 valence electrons. The smallest absolute Gasteiger partial charge is 0.159 e. The number of hydrogen-bond acceptors (Lipinski definition) is 4. The van der Waals surface area contributed by atoms with Crippen LogP contribution < -0.4 is 0 Å². The van der Waals surface area contributed by atoms with Crippen LogP contribution in [0.4, 0.5) is 0 Å². The van der Waals surface area contributed by atoms with Gasteiger partial charge in [-0.3, -0.25) is 5.41 Å². The molecule has 0 spiro atoms. The molecule has 24 heavy (non-hydrogen) atoms. The van der Waals surface area contributed by atoms with E-state index in [0.29, 0.717) is 14.0 Å². The van der Waals surface area contributed by atoms with E-state index in [9.17, 15) is 0 Å². The highest BCUT2D eigenvalue weighted by Gasteiger charge is 2.27. The van der Waals surface area contributed by atoms with Crippen LogP contribution in [0, 0.1) is 9.36 Å². The number of thiazole rings is 1. The Kier molecular flexibility index (Phi) is 3.92. The van der Waals surface area contributed by atoms with Crippen molar-refractivity contribution in [1.82, 2.24) is 4.98 Å². The van der Waals surface area contributed by atoms with Crippen LogP contribution in [-0.4, -0.2) is 16.5 Å². The summed E-state index contributed by atoms with van der Waals surface area (Å²) < 4.78 is 0.640. The minimum absolute atomic E-state index is 0.253. The van der Waals surface area contributed by atoms with E-state index >= 15 is 0 Å². The van der Waals surface area contributed by atoms with Gasteiger partial charge >= 0.3 is 0 Å². The Morgan fingerprint density at radius 2 is 1.83 bits per heavy atom. The van der Waals surface area contributed by atoms with Gasteiger partial charge in [0.1, 0.15) is 0 Å². The predicted molar refractivity (Wildman–Crippen MR) is 106 cm³/mol. The molecule has 2 heterocycles. The van der Waals surface area contributed by atoms with E-state index in [1.165, 1.54) is 11.3 Å². The summed E-state index contributed by atoms with van der Waals surface area (Å²) >= 11 is 17.1. The van der Waals surface area contributed by atoms with Crippen LogP contribution in [-0.2, 0) is 0 Å². The number of rotatable bonds is 2. The summed E-state index contributed by atoms with van der Waals surface area (Å²) in [4.78, 5) is 8.35. The number of thiol groups is 1. The van der Waals surface area contributed by atoms with E-state index in [4.69, 9.17) is 29.2 Å². The van der Waals surface area contributed by atoms with Crippen molar-refractivity contribution in [2.75, 3.05) is 0 Å². The zero-order valence-corrected chi connectivity index (χ0v) is 15.4. The Hall–Kier alpha value is -1.73. The second kappa shape index (κ2) is 5.97. The number of aromatic nitrogens is 1. The lowest BCUT2D eigenvalue weighted by molar-refractivity contribution is 1.19. The number of hydrogen-bond donors (Lipinski definition) is 3. The fourth-order valence-corrected chi connectivity index (χ4v) is 4.46. The quantitative estimate of drug-likeness (QED) is 0.389. The van der Waals surface area contributed by atoms with Gasteiger partial charge < -0.3 is 4.98 Å². The number of H-pyrrole nitrogens is 1. The lowest BCUT2D eigenvalue weighted by atomic mass is 9.93. The number of aromatic amines is 1. The highest BCUT2D eigenvalue weighted by Crippen LogP contribution is 2.35. The van der Waals surface area contributed by atoms with Crippen molar-refractivity contribution in [3.63, 3.8) is 0 Å². The lowest BCUT2D eigenvalue weighted by Gasteiger charge is -2.10. The summed E-state index contributed by atoms with van der Waals surface area (Å²) in [6.07, 6.45) is 0. The molecule has 0 atom stereocenters. The summed E-state index contributed by atoms with van der Waals surface area (Å²) in [6.45, 7) is 0. The van der Waals surface area contributed by atoms with Gasteiger partial charge in [-0.05, 0) is 35.5 Å². The molecule has 2 aromatic carbocycles. The van der Waals surface area contributed by atoms with Crippen LogP contribution in [0.1, 0.15) is 16.0 Å². The summed E-state index contributed by atoms with van der Waals surface area (Å²) in [5.41, 5.74) is 4.52. The van der Waals surface area contributed by atoms with Gasteiger partial charge in [0.15, 0.2) is 9.79 Å². The third-order valence-corrected chi connectivity index (χ3v) is 5.76. The number of nitrogens with one attached hydrogen (secondary N) is 2. The Labute approximate surface area is 158 Å². The van der Waals surface area contributed by atoms with Crippen LogP contribution in [0.3, 0.4) is 0 Å². The zero-order valence-electron chi connectivity index (χ0n) is 12.1. The van der Waals surface area contributed by atoms with Crippen molar-refractivity contribution in [1.29, 1.82) is 5.41 Å². The van der Waals surface area contributed by atoms with E-state index in [1.807, 2.05) is 42.5 Å². The Morgan fingerprint density at radius 3 is 2.50 bits per heavy atom. The topological polar surface area (TPSA) is 52.0 Å². The molecule has 0 aliphatic carbocycles. The van der Waals surface area contributed by atoms with Crippen LogP contribution in [0.15, 0.2) is 52.5 Å². The Balaban J connectivity index is 1.97. The molecule has 0 radical (unpaired) electrons. The molecular weight excluding hydrogens is 378 g/mol. The third kappa shape index (κ3) is 2.56. The fourth-order valence-electron chi connectivity index (χ4n) is 2.75. The van der Waals surface area contributed by atoms with Crippen LogP contribution in [0.2, 0.25) is 5.02 Å². The predicted octanol–water partition coefficient (Wildman–Crippen LogP) is 5.59. The van der Waals surface area contributed by atoms with Gasteiger partial charge in [-0.2, -0.15) is 0 Å². The van der Waals surface area contributed by atoms with Crippen molar-refractivity contribution in [3.8, 4) is 11.1 Å². The van der Waals surface area contributed by atoms with Crippen molar-refractivity contribution >= 4 is 59.3 Å². The first-order chi connectivity index (χ1) is 11.5. The average molecular weight is 388 g/mol. The normalized spacial score (nSPS) is 13.1. The van der Waals surface area contributed by atoms with E-state index in [1.54, 1.807) is 0 Å². The number of fused-ring (bicyclic) bond motifs is 1. The van der Waals surface area contributed by atoms with Gasteiger partial charge in [0, 0.05) is 16.1 Å². The highest BCUT2D eigenvalue weighted by atomic mass is 35.5. The highest BCUT2D eigenvalue weighted by molar-refractivity contribution is 7.80. The molecule has 1 aromatic heterocycles. The van der Waals surface area contributed by atoms with Gasteiger partial charge in [0.2, 0.25) is 0 Å². The minimum atomic E-state index is 0.253. The number of halogens is 1. The van der Waals surface area contributed by atoms with Gasteiger partial charge in [0.05, 0.1) is 15.6 Å². The monoisotopic (exact) mass is 387 g/mol. The fraction of sp³-hybridized carbons (Fsp3) is 0. The molecule has 2 N–H and O–H groups in total. The van der Waals surface area contributed by atoms with E-state index in [-0.39, 0.29) is 5.84 Å². The SMILES string of the molecule is N=C1N=C(c2sc(=S)[nH]c2S)c2c1cccc2-c1ccc(Cl)cc1. The molecule has 0 fully saturated rings. The van der Waals surface area contributed by atoms with Crippen molar-refractivity contribution in [3.05, 3.63) is 67.4 Å². The van der Waals surface area contributed by atoms with E-state index in [0.717, 1.165) is 32.8 Å². The maximum Gasteiger partial charge on any atom is 0.159 e. The molecule has 3 nitrogen and oxygen atoms in total. The molecule has 4 rings (SSSR count). The molecule has 1 aliphatic rings. The summed E-state index contributed by atoms with van der Waals surface area (Å²) in [7, 11) is 0. The largest absolute Gasteiger partial charge is 0.332 e. The lowest BCUT2D eigenvalue weighted by Crippen LogP contribution is -2.02. The first-order valence-electron chi connectivity index (χ1n) is 7.04. The number of benzene rings is 2. The number of aliphatic imine (C=N–C) groups is 1. The van der Waals surface area contributed by atoms with Gasteiger partial charge in [-0.15, -0.1) is 24.0 Å². The standard InChI is InChI=1S/C17H10ClN3S3/c18-9-6-4-8(5-7-9)10-2-1-3-11-12(10)13(20-15(11)19)14-16(22)21-17(23)24-14/h1-7,19,22H,(H,21,23). The molecule has 1 aliphatic heterocycles. The van der Waals surface area contributed by atoms with Crippen LogP contribution in [0.25, 0.3) is 11.1 Å². The number of amidine groups is 1. The molecule has 0 saturated carbocycles. The molecular formula is C17H10ClN3S3. The van der Waals surface area contributed by atoms with Crippen LogP contribution in [0.5, 0.6) is 0 Å². The summed E-state index contributed by atoms with van der Waals surface area (Å²) in [5.74, 6) is 0.253. The second-order valence-electron chi connectivity index (χ2n) is 5.24. The zero-order chi connectivity index (χ0) is 16.8. The van der Waals surface area contributed by atoms with Crippen molar-refractivity contribution < 1.29 is 0 Å².